The predicted molar refractivity (Wildman–Crippen MR) is 136 cm³/mol. The molecule has 0 aliphatic rings. The third-order valence-electron chi connectivity index (χ3n) is 5.04. The molecule has 0 spiro atoms. The van der Waals surface area contributed by atoms with Crippen molar-refractivity contribution in [2.75, 3.05) is 5.73 Å². The van der Waals surface area contributed by atoms with Gasteiger partial charge < -0.3 is 5.73 Å². The van der Waals surface area contributed by atoms with Gasteiger partial charge >= 0.3 is 12.3 Å². The third-order valence-corrected chi connectivity index (χ3v) is 5.04. The van der Waals surface area contributed by atoms with Gasteiger partial charge in [-0.1, -0.05) is 78.9 Å². The van der Waals surface area contributed by atoms with E-state index in [-0.39, 0.29) is 12.3 Å². The van der Waals surface area contributed by atoms with Crippen LogP contribution in [0.5, 0.6) is 0 Å². The first kappa shape index (κ1) is 27.2. The molecule has 0 saturated heterocycles. The minimum Gasteiger partial charge on any atom is -0.398 e. The topological polar surface area (TPSA) is 112 Å². The van der Waals surface area contributed by atoms with E-state index in [1.165, 1.54) is 11.1 Å². The normalized spacial score (nSPS) is 9.14. The number of nitrogen functional groups attached to an aromatic ring is 1. The lowest BCUT2D eigenvalue weighted by Crippen LogP contribution is -1.95. The largest absolute Gasteiger partial charge is 0.398 e. The first-order valence-electron chi connectivity index (χ1n) is 10.9. The number of rotatable bonds is 3. The van der Waals surface area contributed by atoms with E-state index in [4.69, 9.17) is 24.9 Å². The molecule has 5 aromatic rings. The molecule has 1 aromatic heterocycles. The minimum absolute atomic E-state index is 0.250. The fourth-order valence-electron chi connectivity index (χ4n) is 3.56. The first-order valence-corrected chi connectivity index (χ1v) is 10.9. The van der Waals surface area contributed by atoms with Crippen molar-refractivity contribution in [1.82, 2.24) is 9.55 Å². The summed E-state index contributed by atoms with van der Waals surface area (Å²) < 4.78 is 2.18. The molecule has 0 fully saturated rings. The highest BCUT2D eigenvalue weighted by Gasteiger charge is 2.07. The Morgan fingerprint density at radius 2 is 1.19 bits per heavy atom. The number of benzene rings is 4. The SMILES string of the molecule is Cc1nc2ccccc2n1-c1ccccc1.Nc1ccccc1Cc1ccccc1.O=C=O.O=C=O. The van der Waals surface area contributed by atoms with E-state index in [1.54, 1.807) is 0 Å². The molecule has 0 amide bonds. The molecule has 1 heterocycles. The van der Waals surface area contributed by atoms with Crippen molar-refractivity contribution < 1.29 is 19.2 Å². The summed E-state index contributed by atoms with van der Waals surface area (Å²) in [6.45, 7) is 2.03. The molecule has 7 nitrogen and oxygen atoms in total. The number of nitrogens with two attached hydrogens (primary N) is 1. The van der Waals surface area contributed by atoms with E-state index in [0.29, 0.717) is 0 Å². The summed E-state index contributed by atoms with van der Waals surface area (Å²) in [5, 5.41) is 0. The molecule has 180 valence electrons. The smallest absolute Gasteiger partial charge is 0.373 e. The highest BCUT2D eigenvalue weighted by molar-refractivity contribution is 5.78. The van der Waals surface area contributed by atoms with Gasteiger partial charge in [-0.25, -0.2) is 4.98 Å². The van der Waals surface area contributed by atoms with Gasteiger partial charge in [0.15, 0.2) is 0 Å². The standard InChI is InChI=1S/C14H12N2.C13H13N.2CO2/c1-11-15-13-9-5-6-10-14(13)16(11)12-7-3-2-4-8-12;14-13-9-5-4-8-12(13)10-11-6-2-1-3-7-11;2*2-1-3/h2-10H,1H3;1-9H,10,14H2;;. The van der Waals surface area contributed by atoms with Crippen LogP contribution in [0.2, 0.25) is 0 Å². The fraction of sp³-hybridized carbons (Fsp3) is 0.0690. The lowest BCUT2D eigenvalue weighted by Gasteiger charge is -2.05. The Morgan fingerprint density at radius 1 is 0.694 bits per heavy atom. The van der Waals surface area contributed by atoms with Gasteiger partial charge in [-0.2, -0.15) is 19.2 Å². The van der Waals surface area contributed by atoms with Gasteiger partial charge in [-0.05, 0) is 54.8 Å². The summed E-state index contributed by atoms with van der Waals surface area (Å²) in [7, 11) is 0. The number of hydrogen-bond acceptors (Lipinski definition) is 6. The Kier molecular flexibility index (Phi) is 11.3. The molecule has 7 heteroatoms. The number of aromatic nitrogens is 2. The van der Waals surface area contributed by atoms with E-state index in [9.17, 15) is 0 Å². The molecule has 5 rings (SSSR count). The summed E-state index contributed by atoms with van der Waals surface area (Å²) in [4.78, 5) is 37.1. The lowest BCUT2D eigenvalue weighted by atomic mass is 10.0. The number of anilines is 1. The fourth-order valence-corrected chi connectivity index (χ4v) is 3.56. The zero-order valence-corrected chi connectivity index (χ0v) is 19.7. The Morgan fingerprint density at radius 3 is 1.81 bits per heavy atom. The number of hydrogen-bond donors (Lipinski definition) is 1. The number of aryl methyl sites for hydroxylation is 1. The Hall–Kier alpha value is -5.09. The molecular weight excluding hydrogens is 454 g/mol. The van der Waals surface area contributed by atoms with Crippen LogP contribution in [0.15, 0.2) is 109 Å². The predicted octanol–water partition coefficient (Wildman–Crippen LogP) is 5.03. The van der Waals surface area contributed by atoms with E-state index >= 15 is 0 Å². The van der Waals surface area contributed by atoms with E-state index in [2.05, 4.69) is 58.1 Å². The van der Waals surface area contributed by atoms with Gasteiger partial charge in [0, 0.05) is 11.4 Å². The molecule has 0 saturated carbocycles. The highest BCUT2D eigenvalue weighted by atomic mass is 16.2. The Bertz CT molecular complexity index is 1410. The minimum atomic E-state index is 0.250. The summed E-state index contributed by atoms with van der Waals surface area (Å²) >= 11 is 0. The van der Waals surface area contributed by atoms with Gasteiger partial charge in [-0.3, -0.25) is 4.57 Å². The maximum atomic E-state index is 8.12. The molecule has 36 heavy (non-hydrogen) atoms. The molecule has 0 radical (unpaired) electrons. The molecule has 0 bridgehead atoms. The summed E-state index contributed by atoms with van der Waals surface area (Å²) in [5.41, 5.74) is 12.6. The van der Waals surface area contributed by atoms with Crippen LogP contribution < -0.4 is 5.73 Å². The average molecular weight is 480 g/mol. The first-order chi connectivity index (χ1) is 17.5. The zero-order valence-electron chi connectivity index (χ0n) is 19.7. The number of carbonyl (C=O) groups excluding carboxylic acids is 4. The molecule has 0 aliphatic carbocycles. The molecule has 4 aromatic carbocycles. The van der Waals surface area contributed by atoms with Gasteiger partial charge in [0.2, 0.25) is 0 Å². The van der Waals surface area contributed by atoms with Crippen molar-refractivity contribution in [2.24, 2.45) is 0 Å². The van der Waals surface area contributed by atoms with Crippen LogP contribution in [0.1, 0.15) is 17.0 Å². The maximum Gasteiger partial charge on any atom is 0.373 e. The van der Waals surface area contributed by atoms with Crippen molar-refractivity contribution in [3.8, 4) is 5.69 Å². The van der Waals surface area contributed by atoms with Gasteiger partial charge in [-0.15, -0.1) is 0 Å². The van der Waals surface area contributed by atoms with Crippen LogP contribution in [0.25, 0.3) is 16.7 Å². The second-order valence-electron chi connectivity index (χ2n) is 7.35. The molecule has 0 atom stereocenters. The third kappa shape index (κ3) is 8.04. The number of fused-ring (bicyclic) bond motifs is 1. The monoisotopic (exact) mass is 479 g/mol. The van der Waals surface area contributed by atoms with Crippen molar-refractivity contribution in [3.05, 3.63) is 126 Å². The van der Waals surface area contributed by atoms with Crippen LogP contribution in [-0.2, 0) is 25.6 Å². The van der Waals surface area contributed by atoms with E-state index in [1.807, 2.05) is 67.6 Å². The van der Waals surface area contributed by atoms with Crippen LogP contribution in [-0.4, -0.2) is 21.9 Å². The highest BCUT2D eigenvalue weighted by Crippen LogP contribution is 2.20. The number of imidazole rings is 1. The van der Waals surface area contributed by atoms with Crippen molar-refractivity contribution in [2.45, 2.75) is 13.3 Å². The molecule has 0 unspecified atom stereocenters. The average Bonchev–Trinajstić information content (AvgIpc) is 3.24. The molecule has 2 N–H and O–H groups in total. The maximum absolute atomic E-state index is 8.12. The van der Waals surface area contributed by atoms with Crippen molar-refractivity contribution in [1.29, 1.82) is 0 Å². The summed E-state index contributed by atoms with van der Waals surface area (Å²) in [6.07, 6.45) is 1.41. The molecular formula is C29H25N3O4. The second kappa shape index (κ2) is 14.9. The van der Waals surface area contributed by atoms with E-state index in [0.717, 1.165) is 34.7 Å². The number of para-hydroxylation sites is 4. The lowest BCUT2D eigenvalue weighted by molar-refractivity contribution is -0.193. The van der Waals surface area contributed by atoms with E-state index < -0.39 is 0 Å². The summed E-state index contributed by atoms with van der Waals surface area (Å²) in [6, 6.07) is 36.9. The van der Waals surface area contributed by atoms with Crippen molar-refractivity contribution >= 4 is 29.0 Å². The van der Waals surface area contributed by atoms with Gasteiger partial charge in [0.25, 0.3) is 0 Å². The van der Waals surface area contributed by atoms with Crippen LogP contribution >= 0.6 is 0 Å². The number of nitrogens with zero attached hydrogens (tertiary/aromatic N) is 2. The zero-order chi connectivity index (χ0) is 26.2. The quantitative estimate of drug-likeness (QED) is 0.363. The van der Waals surface area contributed by atoms with Crippen LogP contribution in [0, 0.1) is 6.92 Å². The Balaban J connectivity index is 0.000000210. The summed E-state index contributed by atoms with van der Waals surface area (Å²) in [5.74, 6) is 1.02. The molecule has 0 aliphatic heterocycles. The second-order valence-corrected chi connectivity index (χ2v) is 7.35. The van der Waals surface area contributed by atoms with Crippen LogP contribution in [0.4, 0.5) is 5.69 Å². The van der Waals surface area contributed by atoms with Gasteiger partial charge in [0.1, 0.15) is 5.82 Å². The van der Waals surface area contributed by atoms with Crippen molar-refractivity contribution in [3.63, 3.8) is 0 Å². The van der Waals surface area contributed by atoms with Crippen LogP contribution in [0.3, 0.4) is 0 Å². The van der Waals surface area contributed by atoms with Gasteiger partial charge in [0.05, 0.1) is 11.0 Å². The Labute approximate surface area is 208 Å².